The second-order valence-electron chi connectivity index (χ2n) is 5.59. The van der Waals surface area contributed by atoms with Crippen molar-refractivity contribution in [3.8, 4) is 5.88 Å². The Morgan fingerprint density at radius 3 is 2.61 bits per heavy atom. The van der Waals surface area contributed by atoms with Crippen molar-refractivity contribution in [1.29, 1.82) is 0 Å². The lowest BCUT2D eigenvalue weighted by Gasteiger charge is -2.23. The molecule has 1 aliphatic heterocycles. The number of nitrogens with zero attached hydrogens (tertiary/aromatic N) is 2. The van der Waals surface area contributed by atoms with E-state index in [1.165, 1.54) is 0 Å². The molecule has 1 saturated heterocycles. The van der Waals surface area contributed by atoms with E-state index >= 15 is 0 Å². The fourth-order valence-corrected chi connectivity index (χ4v) is 1.87. The first-order valence-corrected chi connectivity index (χ1v) is 6.27. The summed E-state index contributed by atoms with van der Waals surface area (Å²) in [7, 11) is 0. The average Bonchev–Trinajstić information content (AvgIpc) is 2.30. The zero-order valence-corrected chi connectivity index (χ0v) is 11.3. The molecule has 1 aromatic rings. The molecule has 4 nitrogen and oxygen atoms in total. The molecule has 1 atom stereocenters. The van der Waals surface area contributed by atoms with Gasteiger partial charge < -0.3 is 10.1 Å². The van der Waals surface area contributed by atoms with Crippen LogP contribution in [0.5, 0.6) is 5.88 Å². The molecule has 0 bridgehead atoms. The van der Waals surface area contributed by atoms with Crippen LogP contribution in [-0.4, -0.2) is 29.4 Å². The lowest BCUT2D eigenvalue weighted by Crippen LogP contribution is -2.37. The third kappa shape index (κ3) is 3.91. The summed E-state index contributed by atoms with van der Waals surface area (Å²) in [5.74, 6) is 0.631. The van der Waals surface area contributed by atoms with Gasteiger partial charge in [0, 0.05) is 19.5 Å². The van der Waals surface area contributed by atoms with Gasteiger partial charge in [0.05, 0.1) is 5.69 Å². The number of nitrogens with one attached hydrogen (secondary N) is 1. The van der Waals surface area contributed by atoms with Crippen LogP contribution in [0.25, 0.3) is 0 Å². The summed E-state index contributed by atoms with van der Waals surface area (Å²) in [5.41, 5.74) is 1.03. The monoisotopic (exact) mass is 257 g/mol. The van der Waals surface area contributed by atoms with E-state index in [1.54, 1.807) is 0 Å². The summed E-state index contributed by atoms with van der Waals surface area (Å²) in [6.07, 6.45) is 2.49. The van der Waals surface area contributed by atoms with Gasteiger partial charge in [-0.25, -0.2) is 0 Å². The van der Waals surface area contributed by atoms with Crippen molar-refractivity contribution < 1.29 is 10.9 Å². The number of ether oxygens (including phenoxy) is 1. The third-order valence-electron chi connectivity index (χ3n) is 2.95. The maximum absolute atomic E-state index is 5.79. The maximum Gasteiger partial charge on any atom is 0.233 e. The first-order chi connectivity index (χ1) is 8.05. The van der Waals surface area contributed by atoms with Crippen LogP contribution in [0, 0.1) is 0 Å². The minimum atomic E-state index is 0. The van der Waals surface area contributed by atoms with Crippen molar-refractivity contribution in [1.82, 2.24) is 15.5 Å². The molecule has 0 saturated carbocycles. The van der Waals surface area contributed by atoms with Crippen LogP contribution in [0.2, 0.25) is 0 Å². The van der Waals surface area contributed by atoms with E-state index in [-0.39, 0.29) is 17.6 Å². The number of hydrogen-bond acceptors (Lipinski definition) is 4. The second kappa shape index (κ2) is 6.09. The minimum absolute atomic E-state index is 0. The van der Waals surface area contributed by atoms with E-state index < -0.39 is 0 Å². The summed E-state index contributed by atoms with van der Waals surface area (Å²) >= 11 is 0. The first kappa shape index (κ1) is 14.8. The summed E-state index contributed by atoms with van der Waals surface area (Å²) in [6, 6.07) is 3.92. The predicted molar refractivity (Wildman–Crippen MR) is 71.9 cm³/mol. The molecule has 18 heavy (non-hydrogen) atoms. The Bertz CT molecular complexity index is 361. The molecule has 0 aromatic carbocycles. The molecule has 2 rings (SSSR count). The van der Waals surface area contributed by atoms with Gasteiger partial charge in [-0.15, -0.1) is 5.10 Å². The molecule has 0 aliphatic carbocycles. The van der Waals surface area contributed by atoms with Crippen LogP contribution < -0.4 is 10.1 Å². The third-order valence-corrected chi connectivity index (χ3v) is 2.95. The second-order valence-corrected chi connectivity index (χ2v) is 5.59. The zero-order valence-electron chi connectivity index (χ0n) is 11.3. The highest BCUT2D eigenvalue weighted by Gasteiger charge is 2.18. The fraction of sp³-hybridized carbons (Fsp3) is 0.692. The van der Waals surface area contributed by atoms with Crippen molar-refractivity contribution in [3.05, 3.63) is 17.8 Å². The molecule has 5 heteroatoms. The lowest BCUT2D eigenvalue weighted by molar-refractivity contribution is 0.158. The van der Waals surface area contributed by atoms with Gasteiger partial charge in [0.2, 0.25) is 5.88 Å². The van der Waals surface area contributed by atoms with Crippen LogP contribution in [0.15, 0.2) is 12.1 Å². The molecule has 1 fully saturated rings. The van der Waals surface area contributed by atoms with E-state index in [0.29, 0.717) is 5.88 Å². The van der Waals surface area contributed by atoms with Crippen molar-refractivity contribution in [2.45, 2.75) is 45.1 Å². The number of halogens is 1. The van der Waals surface area contributed by atoms with Gasteiger partial charge in [-0.05, 0) is 25.5 Å². The molecular formula is C13H24FN3O. The van der Waals surface area contributed by atoms with E-state index in [9.17, 15) is 0 Å². The van der Waals surface area contributed by atoms with Crippen molar-refractivity contribution in [3.63, 3.8) is 0 Å². The molecule has 1 aliphatic rings. The smallest absolute Gasteiger partial charge is 0.233 e. The van der Waals surface area contributed by atoms with Crippen LogP contribution in [-0.2, 0) is 5.41 Å². The number of piperidine rings is 1. The Labute approximate surface area is 109 Å². The predicted octanol–water partition coefficient (Wildman–Crippen LogP) is 2.30. The zero-order chi connectivity index (χ0) is 12.3. The van der Waals surface area contributed by atoms with Crippen LogP contribution in [0.1, 0.15) is 40.7 Å². The number of rotatable bonds is 2. The van der Waals surface area contributed by atoms with E-state index in [4.69, 9.17) is 4.74 Å². The Balaban J connectivity index is 0.00000162. The van der Waals surface area contributed by atoms with Crippen molar-refractivity contribution in [2.75, 3.05) is 13.1 Å². The average molecular weight is 257 g/mol. The van der Waals surface area contributed by atoms with Gasteiger partial charge in [0.15, 0.2) is 0 Å². The molecule has 1 aromatic heterocycles. The molecule has 0 amide bonds. The standard InChI is InChI=1S/C13H21N3O.FH.H2/c1-13(2,3)11-6-7-12(16-15-11)17-10-5-4-8-14-9-10;;/h6-7,10,14H,4-5,8-9H2,1-3H3;2*1H/t10-;;/m1../s1. The van der Waals surface area contributed by atoms with Gasteiger partial charge in [0.25, 0.3) is 0 Å². The quantitative estimate of drug-likeness (QED) is 0.883. The SMILES string of the molecule is CC(C)(C)c1ccc(O[C@@H]2CCCNC2)nn1.F.[HH]. The van der Waals surface area contributed by atoms with E-state index in [0.717, 1.165) is 31.6 Å². The molecule has 0 unspecified atom stereocenters. The highest BCUT2D eigenvalue weighted by molar-refractivity contribution is 5.17. The summed E-state index contributed by atoms with van der Waals surface area (Å²) < 4.78 is 5.79. The Kier molecular flexibility index (Phi) is 5.02. The van der Waals surface area contributed by atoms with Crippen molar-refractivity contribution in [2.24, 2.45) is 0 Å². The summed E-state index contributed by atoms with van der Waals surface area (Å²) in [4.78, 5) is 0. The van der Waals surface area contributed by atoms with Gasteiger partial charge in [-0.1, -0.05) is 20.8 Å². The minimum Gasteiger partial charge on any atom is -0.472 e. The molecule has 0 radical (unpaired) electrons. The number of hydrogen-bond donors (Lipinski definition) is 1. The van der Waals surface area contributed by atoms with Crippen LogP contribution in [0.3, 0.4) is 0 Å². The Hall–Kier alpha value is -1.23. The van der Waals surface area contributed by atoms with Gasteiger partial charge in [0.1, 0.15) is 6.10 Å². The molecule has 1 N–H and O–H groups in total. The maximum atomic E-state index is 5.79. The van der Waals surface area contributed by atoms with E-state index in [1.807, 2.05) is 12.1 Å². The van der Waals surface area contributed by atoms with Crippen LogP contribution >= 0.6 is 0 Å². The van der Waals surface area contributed by atoms with Crippen LogP contribution in [0.4, 0.5) is 4.70 Å². The molecule has 104 valence electrons. The Morgan fingerprint density at radius 2 is 2.11 bits per heavy atom. The highest BCUT2D eigenvalue weighted by atomic mass is 19.0. The molecular weight excluding hydrogens is 233 g/mol. The summed E-state index contributed by atoms with van der Waals surface area (Å²) in [6.45, 7) is 8.38. The topological polar surface area (TPSA) is 47.0 Å². The number of aromatic nitrogens is 2. The summed E-state index contributed by atoms with van der Waals surface area (Å²) in [5, 5.41) is 11.7. The fourth-order valence-electron chi connectivity index (χ4n) is 1.87. The van der Waals surface area contributed by atoms with E-state index in [2.05, 4.69) is 36.3 Å². The lowest BCUT2D eigenvalue weighted by atomic mass is 9.92. The first-order valence-electron chi connectivity index (χ1n) is 6.27. The molecule has 0 spiro atoms. The largest absolute Gasteiger partial charge is 0.472 e. The normalized spacial score (nSPS) is 20.1. The highest BCUT2D eigenvalue weighted by Crippen LogP contribution is 2.20. The van der Waals surface area contributed by atoms with Gasteiger partial charge in [-0.3, -0.25) is 4.70 Å². The Morgan fingerprint density at radius 1 is 1.33 bits per heavy atom. The van der Waals surface area contributed by atoms with Crippen molar-refractivity contribution >= 4 is 0 Å². The molecule has 2 heterocycles. The van der Waals surface area contributed by atoms with Gasteiger partial charge in [-0.2, -0.15) is 5.10 Å². The van der Waals surface area contributed by atoms with Gasteiger partial charge >= 0.3 is 0 Å².